The molecule has 1 aliphatic heterocycles. The first kappa shape index (κ1) is 21.6. The van der Waals surface area contributed by atoms with Crippen LogP contribution in [0.25, 0.3) is 11.1 Å². The lowest BCUT2D eigenvalue weighted by Gasteiger charge is -2.19. The van der Waals surface area contributed by atoms with Crippen LogP contribution in [0.5, 0.6) is 11.5 Å². The van der Waals surface area contributed by atoms with E-state index in [1.165, 1.54) is 0 Å². The maximum Gasteiger partial charge on any atom is 0.255 e. The van der Waals surface area contributed by atoms with Crippen LogP contribution in [-0.4, -0.2) is 58.9 Å². The van der Waals surface area contributed by atoms with Gasteiger partial charge in [0.1, 0.15) is 5.82 Å². The number of carbonyl (C=O) groups is 1. The van der Waals surface area contributed by atoms with Crippen molar-refractivity contribution in [1.82, 2.24) is 25.0 Å². The van der Waals surface area contributed by atoms with Crippen LogP contribution in [0.1, 0.15) is 22.3 Å². The number of aryl methyl sites for hydroxylation is 1. The van der Waals surface area contributed by atoms with E-state index >= 15 is 0 Å². The largest absolute Gasteiger partial charge is 0.493 e. The molecule has 1 saturated heterocycles. The third kappa shape index (κ3) is 4.52. The van der Waals surface area contributed by atoms with Gasteiger partial charge in [0.05, 0.1) is 26.0 Å². The first-order chi connectivity index (χ1) is 15.5. The first-order valence-electron chi connectivity index (χ1n) is 10.5. The number of hydrogen-bond donors (Lipinski definition) is 2. The fourth-order valence-electron chi connectivity index (χ4n) is 4.06. The summed E-state index contributed by atoms with van der Waals surface area (Å²) in [5.74, 6) is 1.46. The Morgan fingerprint density at radius 2 is 2.09 bits per heavy atom. The highest BCUT2D eigenvalue weighted by Crippen LogP contribution is 2.32. The average Bonchev–Trinajstić information content (AvgIpc) is 3.42. The minimum atomic E-state index is -0.216. The molecule has 3 aromatic rings. The SMILES string of the molecule is COc1cccc(CN2CC[C@@H](NC(=O)c3cc(-c4cnn(C)c4)cnc3N)C2)c1OC. The van der Waals surface area contributed by atoms with Gasteiger partial charge in [0.25, 0.3) is 5.91 Å². The molecule has 1 atom stereocenters. The number of amides is 1. The molecule has 0 radical (unpaired) electrons. The molecule has 0 unspecified atom stereocenters. The second kappa shape index (κ2) is 9.27. The van der Waals surface area contributed by atoms with Crippen molar-refractivity contribution in [2.75, 3.05) is 33.0 Å². The number of pyridine rings is 1. The second-order valence-electron chi connectivity index (χ2n) is 7.91. The Morgan fingerprint density at radius 3 is 2.81 bits per heavy atom. The van der Waals surface area contributed by atoms with Gasteiger partial charge in [-0.15, -0.1) is 0 Å². The highest BCUT2D eigenvalue weighted by atomic mass is 16.5. The number of likely N-dealkylation sites (tertiary alicyclic amines) is 1. The Bertz CT molecular complexity index is 1110. The van der Waals surface area contributed by atoms with E-state index in [2.05, 4.69) is 20.3 Å². The zero-order valence-corrected chi connectivity index (χ0v) is 18.5. The lowest BCUT2D eigenvalue weighted by molar-refractivity contribution is 0.0938. The van der Waals surface area contributed by atoms with Gasteiger partial charge >= 0.3 is 0 Å². The van der Waals surface area contributed by atoms with Gasteiger partial charge in [0.2, 0.25) is 0 Å². The van der Waals surface area contributed by atoms with Gasteiger partial charge in [-0.25, -0.2) is 4.98 Å². The quantitative estimate of drug-likeness (QED) is 0.584. The van der Waals surface area contributed by atoms with Crippen LogP contribution in [-0.2, 0) is 13.6 Å². The molecule has 168 valence electrons. The minimum absolute atomic E-state index is 0.0283. The summed E-state index contributed by atoms with van der Waals surface area (Å²) in [7, 11) is 5.12. The number of rotatable bonds is 7. The predicted molar refractivity (Wildman–Crippen MR) is 122 cm³/mol. The lowest BCUT2D eigenvalue weighted by atomic mass is 10.1. The Hall–Kier alpha value is -3.59. The normalized spacial score (nSPS) is 16.2. The number of carbonyl (C=O) groups excluding carboxylic acids is 1. The molecule has 1 aromatic carbocycles. The molecule has 0 bridgehead atoms. The summed E-state index contributed by atoms with van der Waals surface area (Å²) in [6, 6.07) is 7.66. The molecule has 9 nitrogen and oxygen atoms in total. The highest BCUT2D eigenvalue weighted by Gasteiger charge is 2.26. The molecule has 1 fully saturated rings. The summed E-state index contributed by atoms with van der Waals surface area (Å²) >= 11 is 0. The summed E-state index contributed by atoms with van der Waals surface area (Å²) in [5.41, 5.74) is 9.12. The number of nitrogens with two attached hydrogens (primary N) is 1. The third-order valence-corrected chi connectivity index (χ3v) is 5.69. The Kier molecular flexibility index (Phi) is 6.27. The van der Waals surface area contributed by atoms with Crippen LogP contribution >= 0.6 is 0 Å². The number of benzene rings is 1. The van der Waals surface area contributed by atoms with E-state index in [1.807, 2.05) is 31.4 Å². The Balaban J connectivity index is 1.42. The number of aromatic nitrogens is 3. The van der Waals surface area contributed by atoms with Crippen molar-refractivity contribution in [3.8, 4) is 22.6 Å². The standard InChI is InChI=1S/C23H28N6O3/c1-28-12-17(11-26-28)16-9-19(22(24)25-10-16)23(30)27-18-7-8-29(14-18)13-15-5-4-6-20(31-2)21(15)32-3/h4-6,9-12,18H,7-8,13-14H2,1-3H3,(H2,24,25)(H,27,30)/t18-/m1/s1. The second-order valence-corrected chi connectivity index (χ2v) is 7.91. The van der Waals surface area contributed by atoms with Gasteiger partial charge in [-0.05, 0) is 18.6 Å². The molecule has 0 saturated carbocycles. The van der Waals surface area contributed by atoms with Crippen molar-refractivity contribution >= 4 is 11.7 Å². The van der Waals surface area contributed by atoms with Crippen LogP contribution in [0, 0.1) is 0 Å². The average molecular weight is 437 g/mol. The number of anilines is 1. The van der Waals surface area contributed by atoms with Crippen molar-refractivity contribution in [3.63, 3.8) is 0 Å². The van der Waals surface area contributed by atoms with Crippen molar-refractivity contribution in [2.45, 2.75) is 19.0 Å². The monoisotopic (exact) mass is 436 g/mol. The van der Waals surface area contributed by atoms with E-state index in [0.717, 1.165) is 42.0 Å². The van der Waals surface area contributed by atoms with Gasteiger partial charge in [-0.1, -0.05) is 12.1 Å². The van der Waals surface area contributed by atoms with E-state index < -0.39 is 0 Å². The first-order valence-corrected chi connectivity index (χ1v) is 10.5. The van der Waals surface area contributed by atoms with Crippen LogP contribution < -0.4 is 20.5 Å². The van der Waals surface area contributed by atoms with Crippen LogP contribution in [0.3, 0.4) is 0 Å². The Morgan fingerprint density at radius 1 is 1.25 bits per heavy atom. The van der Waals surface area contributed by atoms with Crippen LogP contribution in [0.2, 0.25) is 0 Å². The number of nitrogens with zero attached hydrogens (tertiary/aromatic N) is 4. The van der Waals surface area contributed by atoms with E-state index in [1.54, 1.807) is 37.4 Å². The summed E-state index contributed by atoms with van der Waals surface area (Å²) < 4.78 is 12.6. The van der Waals surface area contributed by atoms with Gasteiger partial charge in [0.15, 0.2) is 11.5 Å². The maximum atomic E-state index is 13.0. The smallest absolute Gasteiger partial charge is 0.255 e. The van der Waals surface area contributed by atoms with E-state index in [0.29, 0.717) is 17.9 Å². The van der Waals surface area contributed by atoms with Crippen molar-refractivity contribution in [1.29, 1.82) is 0 Å². The number of ether oxygens (including phenoxy) is 2. The summed E-state index contributed by atoms with van der Waals surface area (Å²) in [6.45, 7) is 2.32. The van der Waals surface area contributed by atoms with Crippen LogP contribution in [0.4, 0.5) is 5.82 Å². The molecular weight excluding hydrogens is 408 g/mol. The number of para-hydroxylation sites is 1. The molecule has 32 heavy (non-hydrogen) atoms. The summed E-state index contributed by atoms with van der Waals surface area (Å²) in [6.07, 6.45) is 6.11. The molecule has 0 spiro atoms. The molecular formula is C23H28N6O3. The van der Waals surface area contributed by atoms with Gasteiger partial charge in [-0.2, -0.15) is 5.10 Å². The predicted octanol–water partition coefficient (Wildman–Crippen LogP) is 2.09. The van der Waals surface area contributed by atoms with Crippen molar-refractivity contribution in [2.24, 2.45) is 7.05 Å². The minimum Gasteiger partial charge on any atom is -0.493 e. The van der Waals surface area contributed by atoms with Crippen molar-refractivity contribution in [3.05, 3.63) is 54.0 Å². The number of nitrogen functional groups attached to an aromatic ring is 1. The third-order valence-electron chi connectivity index (χ3n) is 5.69. The van der Waals surface area contributed by atoms with Crippen molar-refractivity contribution < 1.29 is 14.3 Å². The molecule has 0 aliphatic carbocycles. The van der Waals surface area contributed by atoms with Gasteiger partial charge in [-0.3, -0.25) is 14.4 Å². The van der Waals surface area contributed by atoms with Gasteiger partial charge < -0.3 is 20.5 Å². The molecule has 4 rings (SSSR count). The van der Waals surface area contributed by atoms with E-state index in [-0.39, 0.29) is 17.8 Å². The fraction of sp³-hybridized carbons (Fsp3) is 0.348. The van der Waals surface area contributed by atoms with Gasteiger partial charge in [0, 0.05) is 61.8 Å². The topological polar surface area (TPSA) is 108 Å². The zero-order chi connectivity index (χ0) is 22.7. The summed E-state index contributed by atoms with van der Waals surface area (Å²) in [4.78, 5) is 19.5. The molecule has 1 amide bonds. The maximum absolute atomic E-state index is 13.0. The molecule has 1 aliphatic rings. The Labute approximate surface area is 187 Å². The number of hydrogen-bond acceptors (Lipinski definition) is 7. The van der Waals surface area contributed by atoms with E-state index in [9.17, 15) is 4.79 Å². The zero-order valence-electron chi connectivity index (χ0n) is 18.5. The summed E-state index contributed by atoms with van der Waals surface area (Å²) in [5, 5.41) is 7.28. The molecule has 3 N–H and O–H groups in total. The highest BCUT2D eigenvalue weighted by molar-refractivity contribution is 5.99. The molecule has 3 heterocycles. The number of nitrogens with one attached hydrogen (secondary N) is 1. The molecule has 2 aromatic heterocycles. The lowest BCUT2D eigenvalue weighted by Crippen LogP contribution is -2.37. The van der Waals surface area contributed by atoms with Crippen LogP contribution in [0.15, 0.2) is 42.9 Å². The number of methoxy groups -OCH3 is 2. The molecule has 9 heteroatoms. The van der Waals surface area contributed by atoms with E-state index in [4.69, 9.17) is 15.2 Å². The fourth-order valence-corrected chi connectivity index (χ4v) is 4.06.